The summed E-state index contributed by atoms with van der Waals surface area (Å²) < 4.78 is 5.53. The number of hydrogen-bond donors (Lipinski definition) is 0. The summed E-state index contributed by atoms with van der Waals surface area (Å²) in [5.74, 6) is -1.17. The number of ether oxygens (including phenoxy) is 1. The molecule has 0 N–H and O–H groups in total. The van der Waals surface area contributed by atoms with Gasteiger partial charge in [0.05, 0.1) is 10.5 Å². The van der Waals surface area contributed by atoms with Crippen molar-refractivity contribution in [3.05, 3.63) is 111 Å². The van der Waals surface area contributed by atoms with Gasteiger partial charge in [0.2, 0.25) is 5.78 Å². The highest BCUT2D eigenvalue weighted by Gasteiger charge is 2.27. The van der Waals surface area contributed by atoms with Crippen LogP contribution >= 0.6 is 0 Å². The highest BCUT2D eigenvalue weighted by molar-refractivity contribution is 6.02. The second-order valence-corrected chi connectivity index (χ2v) is 6.73. The van der Waals surface area contributed by atoms with Gasteiger partial charge < -0.3 is 4.74 Å². The van der Waals surface area contributed by atoms with Crippen molar-refractivity contribution in [2.45, 2.75) is 20.0 Å². The van der Waals surface area contributed by atoms with Crippen molar-refractivity contribution in [3.63, 3.8) is 0 Å². The fourth-order valence-corrected chi connectivity index (χ4v) is 2.80. The maximum atomic E-state index is 13.1. The smallest absolute Gasteiger partial charge is 0.339 e. The zero-order valence-corrected chi connectivity index (χ0v) is 16.0. The molecule has 0 bridgehead atoms. The van der Waals surface area contributed by atoms with Gasteiger partial charge in [-0.1, -0.05) is 65.7 Å². The molecule has 29 heavy (non-hydrogen) atoms. The van der Waals surface area contributed by atoms with E-state index >= 15 is 0 Å². The summed E-state index contributed by atoms with van der Waals surface area (Å²) in [7, 11) is 0. The number of hydrogen-bond acceptors (Lipinski definition) is 5. The SMILES string of the molecule is Cc1ccc(C(=O)[C@@H](OC(=O)c2cccc([N+](=O)[O-])c2)c2ccc(C)cc2)cc1. The highest BCUT2D eigenvalue weighted by atomic mass is 16.6. The Morgan fingerprint density at radius 2 is 1.45 bits per heavy atom. The standard InChI is InChI=1S/C23H19NO5/c1-15-6-10-17(11-7-15)21(25)22(18-12-8-16(2)9-13-18)29-23(26)19-4-3-5-20(14-19)24(27)28/h3-14,22H,1-2H3/t22-/m0/s1. The zero-order valence-electron chi connectivity index (χ0n) is 16.0. The second kappa shape index (κ2) is 8.48. The average molecular weight is 389 g/mol. The number of esters is 1. The molecule has 0 saturated heterocycles. The Labute approximate surface area is 167 Å². The van der Waals surface area contributed by atoms with E-state index in [-0.39, 0.29) is 17.0 Å². The molecule has 6 nitrogen and oxygen atoms in total. The molecule has 0 spiro atoms. The summed E-state index contributed by atoms with van der Waals surface area (Å²) >= 11 is 0. The van der Waals surface area contributed by atoms with Gasteiger partial charge in [-0.2, -0.15) is 0 Å². The minimum Gasteiger partial charge on any atom is -0.445 e. The Bertz CT molecular complexity index is 1060. The van der Waals surface area contributed by atoms with E-state index < -0.39 is 17.0 Å². The van der Waals surface area contributed by atoms with Crippen molar-refractivity contribution < 1.29 is 19.2 Å². The van der Waals surface area contributed by atoms with Crippen molar-refractivity contribution in [1.82, 2.24) is 0 Å². The van der Waals surface area contributed by atoms with E-state index in [1.807, 2.05) is 38.1 Å². The first-order chi connectivity index (χ1) is 13.8. The van der Waals surface area contributed by atoms with Gasteiger partial charge in [-0.05, 0) is 19.9 Å². The first kappa shape index (κ1) is 19.9. The van der Waals surface area contributed by atoms with E-state index in [1.54, 1.807) is 24.3 Å². The Morgan fingerprint density at radius 3 is 2.03 bits per heavy atom. The zero-order chi connectivity index (χ0) is 21.0. The molecule has 0 amide bonds. The van der Waals surface area contributed by atoms with Crippen molar-refractivity contribution in [3.8, 4) is 0 Å². The molecule has 3 aromatic carbocycles. The molecule has 0 saturated carbocycles. The van der Waals surface area contributed by atoms with Crippen molar-refractivity contribution in [2.75, 3.05) is 0 Å². The van der Waals surface area contributed by atoms with Gasteiger partial charge in [0.1, 0.15) is 0 Å². The molecular weight excluding hydrogens is 370 g/mol. The van der Waals surface area contributed by atoms with Crippen LogP contribution in [0, 0.1) is 24.0 Å². The number of Topliss-reactive ketones (excluding diaryl/α,β-unsaturated/α-hetero) is 1. The van der Waals surface area contributed by atoms with E-state index in [0.717, 1.165) is 17.2 Å². The molecule has 3 aromatic rings. The molecule has 0 aliphatic rings. The second-order valence-electron chi connectivity index (χ2n) is 6.73. The van der Waals surface area contributed by atoms with Gasteiger partial charge in [-0.15, -0.1) is 0 Å². The Morgan fingerprint density at radius 1 is 0.862 bits per heavy atom. The van der Waals surface area contributed by atoms with Crippen LogP contribution in [0.4, 0.5) is 5.69 Å². The Hall–Kier alpha value is -3.80. The first-order valence-corrected chi connectivity index (χ1v) is 8.98. The van der Waals surface area contributed by atoms with E-state index in [9.17, 15) is 19.7 Å². The summed E-state index contributed by atoms with van der Waals surface area (Å²) in [5, 5.41) is 11.0. The molecular formula is C23H19NO5. The molecule has 0 aliphatic heterocycles. The molecule has 0 fully saturated rings. The molecule has 0 radical (unpaired) electrons. The van der Waals surface area contributed by atoms with Crippen LogP contribution in [0.25, 0.3) is 0 Å². The molecule has 3 rings (SSSR count). The molecule has 6 heteroatoms. The van der Waals surface area contributed by atoms with Gasteiger partial charge >= 0.3 is 5.97 Å². The summed E-state index contributed by atoms with van der Waals surface area (Å²) in [6.07, 6.45) is -1.16. The van der Waals surface area contributed by atoms with Crippen LogP contribution in [0.1, 0.15) is 43.5 Å². The van der Waals surface area contributed by atoms with Crippen molar-refractivity contribution in [2.24, 2.45) is 0 Å². The lowest BCUT2D eigenvalue weighted by Crippen LogP contribution is -2.20. The van der Waals surface area contributed by atoms with Crippen LogP contribution in [0.3, 0.4) is 0 Å². The minimum atomic E-state index is -1.16. The monoisotopic (exact) mass is 389 g/mol. The van der Waals surface area contributed by atoms with Crippen LogP contribution in [0.5, 0.6) is 0 Å². The van der Waals surface area contributed by atoms with E-state index in [2.05, 4.69) is 0 Å². The van der Waals surface area contributed by atoms with Gasteiger partial charge in [0, 0.05) is 23.3 Å². The van der Waals surface area contributed by atoms with Gasteiger partial charge in [0.25, 0.3) is 5.69 Å². The summed E-state index contributed by atoms with van der Waals surface area (Å²) in [6, 6.07) is 19.3. The number of non-ortho nitro benzene ring substituents is 1. The normalized spacial score (nSPS) is 11.5. The number of rotatable bonds is 6. The van der Waals surface area contributed by atoms with E-state index in [0.29, 0.717) is 11.1 Å². The van der Waals surface area contributed by atoms with Crippen LogP contribution in [0.15, 0.2) is 72.8 Å². The fraction of sp³-hybridized carbons (Fsp3) is 0.130. The highest BCUT2D eigenvalue weighted by Crippen LogP contribution is 2.25. The third-order valence-electron chi connectivity index (χ3n) is 4.47. The molecule has 0 unspecified atom stereocenters. The van der Waals surface area contributed by atoms with Crippen LogP contribution in [0.2, 0.25) is 0 Å². The predicted octanol–water partition coefficient (Wildman–Crippen LogP) is 4.99. The molecule has 1 atom stereocenters. The largest absolute Gasteiger partial charge is 0.445 e. The third-order valence-corrected chi connectivity index (χ3v) is 4.47. The number of nitrogens with zero attached hydrogens (tertiary/aromatic N) is 1. The summed E-state index contributed by atoms with van der Waals surface area (Å²) in [5.41, 5.74) is 2.72. The third kappa shape index (κ3) is 4.73. The van der Waals surface area contributed by atoms with E-state index in [4.69, 9.17) is 4.74 Å². The number of nitro groups is 1. The lowest BCUT2D eigenvalue weighted by Gasteiger charge is -2.18. The fourth-order valence-electron chi connectivity index (χ4n) is 2.80. The van der Waals surface area contributed by atoms with Crippen molar-refractivity contribution >= 4 is 17.4 Å². The Balaban J connectivity index is 1.94. The predicted molar refractivity (Wildman–Crippen MR) is 108 cm³/mol. The number of benzene rings is 3. The van der Waals surface area contributed by atoms with Crippen LogP contribution in [-0.4, -0.2) is 16.7 Å². The average Bonchev–Trinajstić information content (AvgIpc) is 2.73. The van der Waals surface area contributed by atoms with E-state index in [1.165, 1.54) is 18.2 Å². The van der Waals surface area contributed by atoms with Crippen LogP contribution in [-0.2, 0) is 4.74 Å². The van der Waals surface area contributed by atoms with Gasteiger partial charge in [-0.3, -0.25) is 14.9 Å². The molecule has 0 aliphatic carbocycles. The number of carbonyl (C=O) groups is 2. The quantitative estimate of drug-likeness (QED) is 0.256. The topological polar surface area (TPSA) is 86.5 Å². The maximum Gasteiger partial charge on any atom is 0.339 e. The van der Waals surface area contributed by atoms with Gasteiger partial charge in [0.15, 0.2) is 6.10 Å². The summed E-state index contributed by atoms with van der Waals surface area (Å²) in [4.78, 5) is 36.1. The number of aryl methyl sites for hydroxylation is 2. The van der Waals surface area contributed by atoms with Crippen LogP contribution < -0.4 is 0 Å². The first-order valence-electron chi connectivity index (χ1n) is 8.98. The molecule has 0 heterocycles. The minimum absolute atomic E-state index is 0.00742. The lowest BCUT2D eigenvalue weighted by atomic mass is 9.98. The lowest BCUT2D eigenvalue weighted by molar-refractivity contribution is -0.384. The number of ketones is 1. The number of carbonyl (C=O) groups excluding carboxylic acids is 2. The van der Waals surface area contributed by atoms with Crippen molar-refractivity contribution in [1.29, 1.82) is 0 Å². The number of nitro benzene ring substituents is 1. The Kier molecular flexibility index (Phi) is 5.83. The molecule has 146 valence electrons. The van der Waals surface area contributed by atoms with Gasteiger partial charge in [-0.25, -0.2) is 4.79 Å². The molecule has 0 aromatic heterocycles. The maximum absolute atomic E-state index is 13.1. The summed E-state index contributed by atoms with van der Waals surface area (Å²) in [6.45, 7) is 3.82.